The van der Waals surface area contributed by atoms with Crippen LogP contribution in [-0.2, 0) is 15.1 Å². The molecule has 0 aliphatic heterocycles. The van der Waals surface area contributed by atoms with Crippen molar-refractivity contribution in [1.29, 1.82) is 0 Å². The summed E-state index contributed by atoms with van der Waals surface area (Å²) in [5.41, 5.74) is 0. The van der Waals surface area contributed by atoms with E-state index in [1.165, 1.54) is 0 Å². The Hall–Kier alpha value is 0.529. The summed E-state index contributed by atoms with van der Waals surface area (Å²) >= 11 is 2.41. The van der Waals surface area contributed by atoms with Gasteiger partial charge in [-0.2, -0.15) is 0 Å². The summed E-state index contributed by atoms with van der Waals surface area (Å²) in [6.45, 7) is 0. The molecule has 0 aromatic rings. The van der Waals surface area contributed by atoms with Gasteiger partial charge in [-0.3, -0.25) is 0 Å². The van der Waals surface area contributed by atoms with Crippen molar-refractivity contribution in [2.75, 3.05) is 0 Å². The molecule has 0 amide bonds. The molecule has 0 rings (SSSR count). The normalized spacial score (nSPS) is 0.667. The maximum absolute atomic E-state index is 4.45. The molecule has 14 N–H and O–H groups in total. The van der Waals surface area contributed by atoms with Gasteiger partial charge in [0.25, 0.3) is 0 Å². The molecule has 9 heteroatoms. The predicted octanol–water partition coefficient (Wildman–Crippen LogP) is -5.09. The summed E-state index contributed by atoms with van der Waals surface area (Å²) in [6, 6.07) is 0. The molecule has 0 atom stereocenters. The van der Waals surface area contributed by atoms with E-state index in [9.17, 15) is 0 Å². The standard InChI is InChI=1S/ClH.Mn.7H2O/h1H;;7*1H2/q;+1;;;;;;;/p-1. The van der Waals surface area contributed by atoms with Crippen molar-refractivity contribution < 1.29 is 53.4 Å². The summed E-state index contributed by atoms with van der Waals surface area (Å²) in [5, 5.41) is 0. The topological polar surface area (TPSA) is 220 Å². The third-order valence-electron chi connectivity index (χ3n) is 0. The molecule has 0 saturated carbocycles. The summed E-state index contributed by atoms with van der Waals surface area (Å²) < 4.78 is 0. The molecule has 0 aromatic heterocycles. The average Bonchev–Trinajstić information content (AvgIpc) is 1.00. The summed E-state index contributed by atoms with van der Waals surface area (Å²) in [6.07, 6.45) is 0. The quantitative estimate of drug-likeness (QED) is 0.347. The number of halogens is 1. The first-order valence-electron chi connectivity index (χ1n) is 0.143. The molecule has 0 saturated heterocycles. The zero-order valence-electron chi connectivity index (χ0n) is 4.26. The van der Waals surface area contributed by atoms with Crippen molar-refractivity contribution in [2.45, 2.75) is 0 Å². The van der Waals surface area contributed by atoms with Gasteiger partial charge in [-0.25, -0.2) is 0 Å². The van der Waals surface area contributed by atoms with Crippen molar-refractivity contribution in [1.82, 2.24) is 0 Å². The third-order valence-corrected chi connectivity index (χ3v) is 0. The fourth-order valence-electron chi connectivity index (χ4n) is 0. The van der Waals surface area contributed by atoms with Crippen molar-refractivity contribution in [3.8, 4) is 0 Å². The van der Waals surface area contributed by atoms with Gasteiger partial charge in [-0.05, 0) is 0 Å². The summed E-state index contributed by atoms with van der Waals surface area (Å²) in [4.78, 5) is 0. The molecule has 0 fully saturated rings. The number of hydrogen-bond donors (Lipinski definition) is 0. The Balaban J connectivity index is -0.000000000238. The van der Waals surface area contributed by atoms with Gasteiger partial charge in [0.2, 0.25) is 0 Å². The Bertz CT molecular complexity index is 8.88. The zero-order chi connectivity index (χ0) is 2.00. The van der Waals surface area contributed by atoms with E-state index >= 15 is 0 Å². The van der Waals surface area contributed by atoms with Gasteiger partial charge < -0.3 is 38.3 Å². The monoisotopic (exact) mass is 216 g/mol. The van der Waals surface area contributed by atoms with Crippen LogP contribution in [0.3, 0.4) is 0 Å². The molecule has 0 aliphatic carbocycles. The van der Waals surface area contributed by atoms with Crippen LogP contribution >= 0.6 is 10.1 Å². The van der Waals surface area contributed by atoms with Crippen LogP contribution in [0.1, 0.15) is 0 Å². The van der Waals surface area contributed by atoms with Crippen molar-refractivity contribution in [3.63, 3.8) is 0 Å². The van der Waals surface area contributed by atoms with Crippen LogP contribution in [0, 0.1) is 0 Å². The van der Waals surface area contributed by atoms with E-state index in [1.54, 1.807) is 0 Å². The van der Waals surface area contributed by atoms with Crippen LogP contribution in [0.25, 0.3) is 0 Å². The van der Waals surface area contributed by atoms with Crippen LogP contribution in [0.4, 0.5) is 0 Å². The molecule has 0 bridgehead atoms. The van der Waals surface area contributed by atoms with Crippen LogP contribution in [-0.4, -0.2) is 38.3 Å². The van der Waals surface area contributed by atoms with E-state index in [1.807, 2.05) is 0 Å². The van der Waals surface area contributed by atoms with Crippen molar-refractivity contribution in [2.24, 2.45) is 0 Å². The van der Waals surface area contributed by atoms with E-state index in [4.69, 9.17) is 0 Å². The van der Waals surface area contributed by atoms with Gasteiger partial charge in [0.05, 0.1) is 0 Å². The first-order chi connectivity index (χ1) is 1.00. The van der Waals surface area contributed by atoms with Gasteiger partial charge >= 0.3 is 25.2 Å². The van der Waals surface area contributed by atoms with Crippen LogP contribution in [0.15, 0.2) is 0 Å². The second-order valence-electron chi connectivity index (χ2n) is 0. The second kappa shape index (κ2) is 1720. The van der Waals surface area contributed by atoms with Gasteiger partial charge in [-0.15, -0.1) is 0 Å². The molecule has 70 valence electrons. The SMILES string of the molecule is O.O.O.O.O.O.O.[Cl][Mn]. The molecule has 7 nitrogen and oxygen atoms in total. The van der Waals surface area contributed by atoms with Gasteiger partial charge in [0.15, 0.2) is 0 Å². The van der Waals surface area contributed by atoms with Crippen LogP contribution in [0.5, 0.6) is 0 Å². The van der Waals surface area contributed by atoms with Crippen LogP contribution < -0.4 is 0 Å². The van der Waals surface area contributed by atoms with E-state index in [2.05, 4.69) is 25.2 Å². The molecular formula is H14ClMnO7. The van der Waals surface area contributed by atoms with E-state index < -0.39 is 0 Å². The molecular weight excluding hydrogens is 202 g/mol. The third kappa shape index (κ3) is 1300. The van der Waals surface area contributed by atoms with Crippen molar-refractivity contribution >= 4 is 10.1 Å². The average molecular weight is 216 g/mol. The van der Waals surface area contributed by atoms with E-state index in [0.29, 0.717) is 0 Å². The number of rotatable bonds is 0. The Morgan fingerprint density at radius 2 is 0.444 bits per heavy atom. The minimum atomic E-state index is 0. The zero-order valence-corrected chi connectivity index (χ0v) is 6.19. The predicted molar refractivity (Wildman–Crippen MR) is 31.1 cm³/mol. The minimum absolute atomic E-state index is 0. The Morgan fingerprint density at radius 1 is 0.444 bits per heavy atom. The Labute approximate surface area is 64.2 Å². The molecule has 0 radical (unpaired) electrons. The van der Waals surface area contributed by atoms with E-state index in [0.717, 1.165) is 0 Å². The second-order valence-corrected chi connectivity index (χ2v) is 0. The van der Waals surface area contributed by atoms with E-state index in [-0.39, 0.29) is 38.3 Å². The molecule has 0 aliphatic rings. The van der Waals surface area contributed by atoms with Gasteiger partial charge in [-0.1, -0.05) is 0 Å². The molecule has 9 heavy (non-hydrogen) atoms. The maximum atomic E-state index is 4.45. The summed E-state index contributed by atoms with van der Waals surface area (Å²) in [5.74, 6) is 0. The fourth-order valence-corrected chi connectivity index (χ4v) is 0. The van der Waals surface area contributed by atoms with Gasteiger partial charge in [0.1, 0.15) is 0 Å². The van der Waals surface area contributed by atoms with Crippen molar-refractivity contribution in [3.05, 3.63) is 0 Å². The Morgan fingerprint density at radius 3 is 0.444 bits per heavy atom. The number of hydrogen-bond acceptors (Lipinski definition) is 0. The molecule has 0 unspecified atom stereocenters. The first-order valence-corrected chi connectivity index (χ1v) is 1.77. The van der Waals surface area contributed by atoms with Crippen LogP contribution in [0.2, 0.25) is 0 Å². The fraction of sp³-hybridized carbons (Fsp3) is 0. The first kappa shape index (κ1) is 296. The molecule has 0 aromatic carbocycles. The molecule has 0 spiro atoms. The molecule has 0 heterocycles. The van der Waals surface area contributed by atoms with Gasteiger partial charge in [0, 0.05) is 0 Å². The Kier molecular flexibility index (Phi) is 56800. The summed E-state index contributed by atoms with van der Waals surface area (Å²) in [7, 11) is 4.45.